The zero-order valence-corrected chi connectivity index (χ0v) is 10.4. The number of hydrogen-bond donors (Lipinski definition) is 1. The van der Waals surface area contributed by atoms with Crippen LogP contribution in [0.4, 0.5) is 11.4 Å². The molecule has 1 spiro atoms. The zero-order chi connectivity index (χ0) is 12.6. The van der Waals surface area contributed by atoms with E-state index in [-0.39, 0.29) is 0 Å². The molecule has 2 fully saturated rings. The third kappa shape index (κ3) is 1.81. The third-order valence-electron chi connectivity index (χ3n) is 4.10. The Morgan fingerprint density at radius 2 is 2.00 bits per heavy atom. The summed E-state index contributed by atoms with van der Waals surface area (Å²) >= 11 is 0. The SMILES string of the molecule is N#Cc1ccc(N2CC3(CCOCC3)C2)c(N)c1. The minimum Gasteiger partial charge on any atom is -0.397 e. The van der Waals surface area contributed by atoms with Gasteiger partial charge in [-0.15, -0.1) is 0 Å². The predicted molar refractivity (Wildman–Crippen MR) is 70.3 cm³/mol. The smallest absolute Gasteiger partial charge is 0.0992 e. The molecule has 0 bridgehead atoms. The fourth-order valence-electron chi connectivity index (χ4n) is 2.97. The number of hydrogen-bond acceptors (Lipinski definition) is 4. The molecule has 0 atom stereocenters. The van der Waals surface area contributed by atoms with E-state index < -0.39 is 0 Å². The molecule has 0 unspecified atom stereocenters. The summed E-state index contributed by atoms with van der Waals surface area (Å²) in [5, 5.41) is 8.83. The lowest BCUT2D eigenvalue weighted by molar-refractivity contribution is -0.000142. The second-order valence-corrected chi connectivity index (χ2v) is 5.35. The number of nitrogen functional groups attached to an aromatic ring is 1. The van der Waals surface area contributed by atoms with Crippen molar-refractivity contribution in [1.82, 2.24) is 0 Å². The highest BCUT2D eigenvalue weighted by Crippen LogP contribution is 2.43. The van der Waals surface area contributed by atoms with Crippen molar-refractivity contribution in [2.24, 2.45) is 5.41 Å². The van der Waals surface area contributed by atoms with Gasteiger partial charge in [-0.2, -0.15) is 5.26 Å². The predicted octanol–water partition coefficient (Wildman–Crippen LogP) is 1.76. The molecule has 2 N–H and O–H groups in total. The van der Waals surface area contributed by atoms with Crippen LogP contribution in [0, 0.1) is 16.7 Å². The summed E-state index contributed by atoms with van der Waals surface area (Å²) in [7, 11) is 0. The maximum atomic E-state index is 8.83. The van der Waals surface area contributed by atoms with Gasteiger partial charge in [-0.05, 0) is 31.0 Å². The van der Waals surface area contributed by atoms with E-state index >= 15 is 0 Å². The van der Waals surface area contributed by atoms with Crippen LogP contribution in [0.1, 0.15) is 18.4 Å². The lowest BCUT2D eigenvalue weighted by Gasteiger charge is -2.53. The number of nitrogens with two attached hydrogens (primary N) is 1. The molecule has 0 aliphatic carbocycles. The Labute approximate surface area is 107 Å². The maximum Gasteiger partial charge on any atom is 0.0992 e. The fourth-order valence-corrected chi connectivity index (χ4v) is 2.97. The van der Waals surface area contributed by atoms with Gasteiger partial charge in [-0.25, -0.2) is 0 Å². The summed E-state index contributed by atoms with van der Waals surface area (Å²) in [5.41, 5.74) is 8.84. The summed E-state index contributed by atoms with van der Waals surface area (Å²) in [5.74, 6) is 0. The van der Waals surface area contributed by atoms with Crippen LogP contribution in [0.15, 0.2) is 18.2 Å². The fraction of sp³-hybridized carbons (Fsp3) is 0.500. The number of ether oxygens (including phenoxy) is 1. The topological polar surface area (TPSA) is 62.3 Å². The molecule has 4 nitrogen and oxygen atoms in total. The molecule has 2 heterocycles. The summed E-state index contributed by atoms with van der Waals surface area (Å²) in [6.45, 7) is 3.90. The van der Waals surface area contributed by atoms with Gasteiger partial charge in [0.2, 0.25) is 0 Å². The number of anilines is 2. The first-order chi connectivity index (χ1) is 8.72. The van der Waals surface area contributed by atoms with E-state index in [9.17, 15) is 0 Å². The summed E-state index contributed by atoms with van der Waals surface area (Å²) < 4.78 is 5.42. The number of benzene rings is 1. The van der Waals surface area contributed by atoms with Crippen molar-refractivity contribution in [2.75, 3.05) is 36.9 Å². The van der Waals surface area contributed by atoms with Crippen LogP contribution in [0.2, 0.25) is 0 Å². The first-order valence-electron chi connectivity index (χ1n) is 6.35. The molecule has 2 saturated heterocycles. The summed E-state index contributed by atoms with van der Waals surface area (Å²) in [6.07, 6.45) is 2.30. The highest BCUT2D eigenvalue weighted by atomic mass is 16.5. The van der Waals surface area contributed by atoms with Crippen LogP contribution in [-0.4, -0.2) is 26.3 Å². The lowest BCUT2D eigenvalue weighted by Crippen LogP contribution is -2.58. The molecule has 2 aliphatic heterocycles. The van der Waals surface area contributed by atoms with Crippen molar-refractivity contribution in [3.8, 4) is 6.07 Å². The van der Waals surface area contributed by atoms with Gasteiger partial charge < -0.3 is 15.4 Å². The largest absolute Gasteiger partial charge is 0.397 e. The zero-order valence-electron chi connectivity index (χ0n) is 10.4. The van der Waals surface area contributed by atoms with E-state index in [2.05, 4.69) is 11.0 Å². The Kier molecular flexibility index (Phi) is 2.64. The van der Waals surface area contributed by atoms with Crippen molar-refractivity contribution in [3.05, 3.63) is 23.8 Å². The Morgan fingerprint density at radius 3 is 2.61 bits per heavy atom. The van der Waals surface area contributed by atoms with Crippen LogP contribution >= 0.6 is 0 Å². The van der Waals surface area contributed by atoms with E-state index in [4.69, 9.17) is 15.7 Å². The van der Waals surface area contributed by atoms with Gasteiger partial charge in [0.15, 0.2) is 0 Å². The second-order valence-electron chi connectivity index (χ2n) is 5.35. The molecular formula is C14H17N3O. The molecule has 0 saturated carbocycles. The van der Waals surface area contributed by atoms with Gasteiger partial charge in [-0.3, -0.25) is 0 Å². The standard InChI is InChI=1S/C14H17N3O/c15-8-11-1-2-13(12(16)7-11)17-9-14(10-17)3-5-18-6-4-14/h1-2,7H,3-6,9-10,16H2. The molecule has 3 rings (SSSR count). The van der Waals surface area contributed by atoms with Crippen molar-refractivity contribution < 1.29 is 4.74 Å². The van der Waals surface area contributed by atoms with E-state index in [1.165, 1.54) is 0 Å². The maximum absolute atomic E-state index is 8.83. The van der Waals surface area contributed by atoms with Gasteiger partial charge >= 0.3 is 0 Å². The monoisotopic (exact) mass is 243 g/mol. The minimum absolute atomic E-state index is 0.443. The van der Waals surface area contributed by atoms with Gasteiger partial charge in [-0.1, -0.05) is 0 Å². The van der Waals surface area contributed by atoms with Crippen molar-refractivity contribution in [1.29, 1.82) is 5.26 Å². The molecule has 94 valence electrons. The quantitative estimate of drug-likeness (QED) is 0.763. The van der Waals surface area contributed by atoms with Crippen LogP contribution in [0.3, 0.4) is 0 Å². The molecular weight excluding hydrogens is 226 g/mol. The first kappa shape index (κ1) is 11.4. The third-order valence-corrected chi connectivity index (χ3v) is 4.10. The van der Waals surface area contributed by atoms with Crippen LogP contribution in [0.5, 0.6) is 0 Å². The molecule has 1 aromatic carbocycles. The van der Waals surface area contributed by atoms with E-state index in [0.29, 0.717) is 16.7 Å². The Morgan fingerprint density at radius 1 is 1.28 bits per heavy atom. The normalized spacial score (nSPS) is 21.4. The molecule has 0 amide bonds. The number of nitrogens with zero attached hydrogens (tertiary/aromatic N) is 2. The van der Waals surface area contributed by atoms with Gasteiger partial charge in [0.05, 0.1) is 23.0 Å². The van der Waals surface area contributed by atoms with Crippen LogP contribution in [-0.2, 0) is 4.74 Å². The van der Waals surface area contributed by atoms with Crippen molar-refractivity contribution >= 4 is 11.4 Å². The molecule has 18 heavy (non-hydrogen) atoms. The molecule has 0 aromatic heterocycles. The van der Waals surface area contributed by atoms with Crippen LogP contribution < -0.4 is 10.6 Å². The summed E-state index contributed by atoms with van der Waals surface area (Å²) in [4.78, 5) is 2.31. The first-order valence-corrected chi connectivity index (χ1v) is 6.35. The minimum atomic E-state index is 0.443. The van der Waals surface area contributed by atoms with Gasteiger partial charge in [0.25, 0.3) is 0 Å². The van der Waals surface area contributed by atoms with Gasteiger partial charge in [0, 0.05) is 31.7 Å². The molecule has 0 radical (unpaired) electrons. The highest BCUT2D eigenvalue weighted by molar-refractivity contribution is 5.70. The van der Waals surface area contributed by atoms with Crippen LogP contribution in [0.25, 0.3) is 0 Å². The van der Waals surface area contributed by atoms with E-state index in [1.807, 2.05) is 12.1 Å². The van der Waals surface area contributed by atoms with Crippen molar-refractivity contribution in [3.63, 3.8) is 0 Å². The Hall–Kier alpha value is -1.73. The average molecular weight is 243 g/mol. The van der Waals surface area contributed by atoms with Crippen molar-refractivity contribution in [2.45, 2.75) is 12.8 Å². The molecule has 1 aromatic rings. The molecule has 2 aliphatic rings. The lowest BCUT2D eigenvalue weighted by atomic mass is 9.73. The number of rotatable bonds is 1. The van der Waals surface area contributed by atoms with E-state index in [0.717, 1.165) is 44.8 Å². The highest BCUT2D eigenvalue weighted by Gasteiger charge is 2.44. The van der Waals surface area contributed by atoms with Gasteiger partial charge in [0.1, 0.15) is 0 Å². The average Bonchev–Trinajstić information content (AvgIpc) is 2.37. The van der Waals surface area contributed by atoms with E-state index in [1.54, 1.807) is 6.07 Å². The number of nitriles is 1. The Balaban J connectivity index is 1.73. The second kappa shape index (κ2) is 4.18. The Bertz CT molecular complexity index is 492. The summed E-state index contributed by atoms with van der Waals surface area (Å²) in [6, 6.07) is 7.66. The molecule has 4 heteroatoms.